The van der Waals surface area contributed by atoms with Crippen molar-refractivity contribution in [2.75, 3.05) is 19.8 Å². The minimum absolute atomic E-state index is 0.0804. The third kappa shape index (κ3) is 1.95. The minimum atomic E-state index is -0.584. The van der Waals surface area contributed by atoms with E-state index in [1.54, 1.807) is 0 Å². The lowest BCUT2D eigenvalue weighted by molar-refractivity contribution is -0.133. The molecule has 2 unspecified atom stereocenters. The molecule has 0 saturated carbocycles. The first kappa shape index (κ1) is 10.4. The average Bonchev–Trinajstić information content (AvgIpc) is 2.52. The summed E-state index contributed by atoms with van der Waals surface area (Å²) in [6, 6.07) is 0. The van der Waals surface area contributed by atoms with E-state index in [9.17, 15) is 5.11 Å². The molecule has 2 atom stereocenters. The van der Waals surface area contributed by atoms with Gasteiger partial charge in [-0.05, 0) is 32.6 Å². The first-order chi connectivity index (χ1) is 6.52. The van der Waals surface area contributed by atoms with E-state index in [-0.39, 0.29) is 5.60 Å². The zero-order valence-corrected chi connectivity index (χ0v) is 9.08. The fourth-order valence-electron chi connectivity index (χ4n) is 2.49. The third-order valence-corrected chi connectivity index (χ3v) is 3.56. The van der Waals surface area contributed by atoms with Gasteiger partial charge in [-0.15, -0.1) is 0 Å². The maximum absolute atomic E-state index is 9.99. The van der Waals surface area contributed by atoms with E-state index < -0.39 is 5.60 Å². The smallest absolute Gasteiger partial charge is 0.0940 e. The molecule has 0 aromatic rings. The van der Waals surface area contributed by atoms with Gasteiger partial charge in [0.05, 0.1) is 17.8 Å². The second-order valence-corrected chi connectivity index (χ2v) is 5.18. The van der Waals surface area contributed by atoms with Crippen LogP contribution in [0.3, 0.4) is 0 Å². The van der Waals surface area contributed by atoms with Crippen LogP contribution in [0, 0.1) is 5.92 Å². The molecular formula is C11H20O3. The van der Waals surface area contributed by atoms with Crippen LogP contribution < -0.4 is 0 Å². The van der Waals surface area contributed by atoms with E-state index in [0.717, 1.165) is 32.5 Å². The second kappa shape index (κ2) is 3.47. The van der Waals surface area contributed by atoms with Crippen molar-refractivity contribution in [2.45, 2.75) is 44.3 Å². The summed E-state index contributed by atoms with van der Waals surface area (Å²) in [4.78, 5) is 0. The highest BCUT2D eigenvalue weighted by Gasteiger charge is 2.44. The normalized spacial score (nSPS) is 39.2. The first-order valence-corrected chi connectivity index (χ1v) is 5.46. The highest BCUT2D eigenvalue weighted by Crippen LogP contribution is 2.39. The Labute approximate surface area is 85.4 Å². The summed E-state index contributed by atoms with van der Waals surface area (Å²) in [5.41, 5.74) is -0.664. The fraction of sp³-hybridized carbons (Fsp3) is 1.00. The van der Waals surface area contributed by atoms with E-state index in [2.05, 4.69) is 0 Å². The third-order valence-electron chi connectivity index (χ3n) is 3.56. The Hall–Kier alpha value is -0.120. The summed E-state index contributed by atoms with van der Waals surface area (Å²) in [7, 11) is 0. The van der Waals surface area contributed by atoms with Crippen molar-refractivity contribution in [2.24, 2.45) is 5.92 Å². The number of hydrogen-bond acceptors (Lipinski definition) is 3. The fourth-order valence-corrected chi connectivity index (χ4v) is 2.49. The van der Waals surface area contributed by atoms with Crippen molar-refractivity contribution in [1.82, 2.24) is 0 Å². The standard InChI is InChI=1S/C11H20O3/c1-10(2,12)9-3-5-14-11(7-9)4-6-13-8-11/h9,12H,3-8H2,1-2H3. The summed E-state index contributed by atoms with van der Waals surface area (Å²) in [5, 5.41) is 9.99. The minimum Gasteiger partial charge on any atom is -0.390 e. The molecular weight excluding hydrogens is 180 g/mol. The van der Waals surface area contributed by atoms with Crippen molar-refractivity contribution in [3.8, 4) is 0 Å². The number of hydrogen-bond donors (Lipinski definition) is 1. The highest BCUT2D eigenvalue weighted by molar-refractivity contribution is 4.94. The highest BCUT2D eigenvalue weighted by atomic mass is 16.6. The van der Waals surface area contributed by atoms with Crippen LogP contribution in [0.2, 0.25) is 0 Å². The molecule has 0 bridgehead atoms. The lowest BCUT2D eigenvalue weighted by Crippen LogP contribution is -2.46. The summed E-state index contributed by atoms with van der Waals surface area (Å²) in [6.07, 6.45) is 2.89. The van der Waals surface area contributed by atoms with E-state index in [1.165, 1.54) is 0 Å². The number of ether oxygens (including phenoxy) is 2. The van der Waals surface area contributed by atoms with Gasteiger partial charge in [-0.1, -0.05) is 0 Å². The van der Waals surface area contributed by atoms with Crippen LogP contribution in [0.5, 0.6) is 0 Å². The van der Waals surface area contributed by atoms with Gasteiger partial charge >= 0.3 is 0 Å². The van der Waals surface area contributed by atoms with Crippen LogP contribution in [-0.2, 0) is 9.47 Å². The van der Waals surface area contributed by atoms with Crippen LogP contribution in [0.4, 0.5) is 0 Å². The van der Waals surface area contributed by atoms with Gasteiger partial charge in [-0.2, -0.15) is 0 Å². The molecule has 0 radical (unpaired) electrons. The zero-order chi connectivity index (χ0) is 10.2. The Morgan fingerprint density at radius 3 is 2.71 bits per heavy atom. The first-order valence-electron chi connectivity index (χ1n) is 5.46. The maximum atomic E-state index is 9.99. The number of rotatable bonds is 1. The van der Waals surface area contributed by atoms with Gasteiger partial charge < -0.3 is 14.6 Å². The van der Waals surface area contributed by atoms with Crippen molar-refractivity contribution in [3.05, 3.63) is 0 Å². The van der Waals surface area contributed by atoms with E-state index >= 15 is 0 Å². The molecule has 2 rings (SSSR count). The van der Waals surface area contributed by atoms with Gasteiger partial charge in [0, 0.05) is 19.6 Å². The second-order valence-electron chi connectivity index (χ2n) is 5.18. The van der Waals surface area contributed by atoms with Gasteiger partial charge in [0.25, 0.3) is 0 Å². The predicted octanol–water partition coefficient (Wildman–Crippen LogP) is 1.34. The Morgan fingerprint density at radius 2 is 2.14 bits per heavy atom. The van der Waals surface area contributed by atoms with E-state index in [1.807, 2.05) is 13.8 Å². The molecule has 0 aromatic heterocycles. The van der Waals surface area contributed by atoms with Gasteiger partial charge in [0.2, 0.25) is 0 Å². The van der Waals surface area contributed by atoms with E-state index in [0.29, 0.717) is 12.5 Å². The van der Waals surface area contributed by atoms with Crippen LogP contribution in [0.1, 0.15) is 33.1 Å². The van der Waals surface area contributed by atoms with Crippen LogP contribution in [0.15, 0.2) is 0 Å². The summed E-state index contributed by atoms with van der Waals surface area (Å²) < 4.78 is 11.2. The quantitative estimate of drug-likeness (QED) is 0.694. The number of aliphatic hydroxyl groups is 1. The molecule has 2 saturated heterocycles. The Balaban J connectivity index is 2.03. The molecule has 0 amide bonds. The Bertz CT molecular complexity index is 201. The summed E-state index contributed by atoms with van der Waals surface area (Å²) in [5.74, 6) is 0.345. The predicted molar refractivity (Wildman–Crippen MR) is 53.1 cm³/mol. The molecule has 3 nitrogen and oxygen atoms in total. The molecule has 1 N–H and O–H groups in total. The van der Waals surface area contributed by atoms with Crippen LogP contribution in [0.25, 0.3) is 0 Å². The van der Waals surface area contributed by atoms with Crippen molar-refractivity contribution in [1.29, 1.82) is 0 Å². The summed E-state index contributed by atoms with van der Waals surface area (Å²) >= 11 is 0. The molecule has 0 aromatic carbocycles. The van der Waals surface area contributed by atoms with Crippen LogP contribution >= 0.6 is 0 Å². The molecule has 1 spiro atoms. The molecule has 0 aliphatic carbocycles. The molecule has 3 heteroatoms. The average molecular weight is 200 g/mol. The molecule has 2 heterocycles. The molecule has 14 heavy (non-hydrogen) atoms. The SMILES string of the molecule is CC(C)(O)C1CCOC2(CCOC2)C1. The van der Waals surface area contributed by atoms with Gasteiger partial charge in [0.15, 0.2) is 0 Å². The Kier molecular flexibility index (Phi) is 2.58. The lowest BCUT2D eigenvalue weighted by Gasteiger charge is -2.41. The summed E-state index contributed by atoms with van der Waals surface area (Å²) in [6.45, 7) is 6.06. The molecule has 2 aliphatic heterocycles. The van der Waals surface area contributed by atoms with E-state index in [4.69, 9.17) is 9.47 Å². The van der Waals surface area contributed by atoms with Gasteiger partial charge in [-0.25, -0.2) is 0 Å². The van der Waals surface area contributed by atoms with Crippen LogP contribution in [-0.4, -0.2) is 36.1 Å². The van der Waals surface area contributed by atoms with Gasteiger partial charge in [0.1, 0.15) is 0 Å². The topological polar surface area (TPSA) is 38.7 Å². The molecule has 2 aliphatic rings. The molecule has 2 fully saturated rings. The van der Waals surface area contributed by atoms with Gasteiger partial charge in [-0.3, -0.25) is 0 Å². The molecule has 82 valence electrons. The van der Waals surface area contributed by atoms with Crippen molar-refractivity contribution in [3.63, 3.8) is 0 Å². The zero-order valence-electron chi connectivity index (χ0n) is 9.08. The monoisotopic (exact) mass is 200 g/mol. The Morgan fingerprint density at radius 1 is 1.36 bits per heavy atom. The largest absolute Gasteiger partial charge is 0.390 e. The van der Waals surface area contributed by atoms with Crippen molar-refractivity contribution >= 4 is 0 Å². The lowest BCUT2D eigenvalue weighted by atomic mass is 9.77. The van der Waals surface area contributed by atoms with Crippen molar-refractivity contribution < 1.29 is 14.6 Å². The maximum Gasteiger partial charge on any atom is 0.0940 e.